The largest absolute Gasteiger partial charge is 0.497 e. The molecule has 1 aromatic carbocycles. The molecule has 0 saturated heterocycles. The van der Waals surface area contributed by atoms with Crippen LogP contribution in [0.2, 0.25) is 0 Å². The van der Waals surface area contributed by atoms with E-state index in [1.54, 1.807) is 19.2 Å². The lowest BCUT2D eigenvalue weighted by atomic mass is 10.2. The van der Waals surface area contributed by atoms with E-state index in [0.717, 1.165) is 25.2 Å². The van der Waals surface area contributed by atoms with Gasteiger partial charge >= 0.3 is 6.03 Å². The number of carbonyl (C=O) groups excluding carboxylic acids is 1. The molecule has 21 heavy (non-hydrogen) atoms. The van der Waals surface area contributed by atoms with E-state index in [9.17, 15) is 4.79 Å². The Kier molecular flexibility index (Phi) is 4.03. The highest BCUT2D eigenvalue weighted by atomic mass is 32.1. The van der Waals surface area contributed by atoms with Crippen molar-refractivity contribution < 1.29 is 9.53 Å². The summed E-state index contributed by atoms with van der Waals surface area (Å²) in [5.74, 6) is 0.698. The standard InChI is InChI=1S/C14H16N4O2S/c1-20-10-4-2-3-9(7-10)16-13(19)18-14-17-11-5-6-15-8-12(11)21-14/h2-4,7,15H,5-6,8H2,1H3,(H2,16,17,18,19). The summed E-state index contributed by atoms with van der Waals surface area (Å²) in [4.78, 5) is 17.6. The van der Waals surface area contributed by atoms with Gasteiger partial charge in [-0.2, -0.15) is 0 Å². The number of carbonyl (C=O) groups is 1. The molecule has 0 saturated carbocycles. The quantitative estimate of drug-likeness (QED) is 0.814. The van der Waals surface area contributed by atoms with Crippen molar-refractivity contribution in [2.75, 3.05) is 24.3 Å². The van der Waals surface area contributed by atoms with Crippen LogP contribution in [0.4, 0.5) is 15.6 Å². The maximum atomic E-state index is 12.0. The molecule has 3 rings (SSSR count). The van der Waals surface area contributed by atoms with Crippen LogP contribution in [0.25, 0.3) is 0 Å². The fourth-order valence-corrected chi connectivity index (χ4v) is 3.11. The summed E-state index contributed by atoms with van der Waals surface area (Å²) < 4.78 is 5.12. The van der Waals surface area contributed by atoms with E-state index >= 15 is 0 Å². The first-order chi connectivity index (χ1) is 10.2. The third-order valence-corrected chi connectivity index (χ3v) is 4.16. The van der Waals surface area contributed by atoms with Crippen molar-refractivity contribution in [3.63, 3.8) is 0 Å². The van der Waals surface area contributed by atoms with E-state index in [1.165, 1.54) is 16.2 Å². The summed E-state index contributed by atoms with van der Waals surface area (Å²) in [6.45, 7) is 1.76. The molecule has 0 unspecified atom stereocenters. The Labute approximate surface area is 126 Å². The minimum Gasteiger partial charge on any atom is -0.497 e. The van der Waals surface area contributed by atoms with E-state index in [2.05, 4.69) is 20.9 Å². The predicted molar refractivity (Wildman–Crippen MR) is 83.2 cm³/mol. The van der Waals surface area contributed by atoms with Gasteiger partial charge in [-0.25, -0.2) is 9.78 Å². The van der Waals surface area contributed by atoms with Crippen molar-refractivity contribution in [1.82, 2.24) is 10.3 Å². The van der Waals surface area contributed by atoms with Crippen LogP contribution in [0, 0.1) is 0 Å². The number of rotatable bonds is 3. The SMILES string of the molecule is COc1cccc(NC(=O)Nc2nc3c(s2)CNCC3)c1. The van der Waals surface area contributed by atoms with Gasteiger partial charge < -0.3 is 15.4 Å². The number of amides is 2. The number of nitrogens with one attached hydrogen (secondary N) is 3. The number of fused-ring (bicyclic) bond motifs is 1. The zero-order valence-electron chi connectivity index (χ0n) is 11.6. The minimum atomic E-state index is -0.303. The summed E-state index contributed by atoms with van der Waals surface area (Å²) in [5.41, 5.74) is 1.75. The second kappa shape index (κ2) is 6.11. The van der Waals surface area contributed by atoms with Gasteiger partial charge in [0.05, 0.1) is 12.8 Å². The lowest BCUT2D eigenvalue weighted by molar-refractivity contribution is 0.262. The Hall–Kier alpha value is -2.12. The van der Waals surface area contributed by atoms with Crippen LogP contribution in [0.3, 0.4) is 0 Å². The molecule has 2 aromatic rings. The highest BCUT2D eigenvalue weighted by Crippen LogP contribution is 2.25. The van der Waals surface area contributed by atoms with Crippen molar-refractivity contribution in [3.8, 4) is 5.75 Å². The Morgan fingerprint density at radius 2 is 2.33 bits per heavy atom. The maximum absolute atomic E-state index is 12.0. The molecule has 0 radical (unpaired) electrons. The van der Waals surface area contributed by atoms with E-state index in [4.69, 9.17) is 4.74 Å². The summed E-state index contributed by atoms with van der Waals surface area (Å²) in [6.07, 6.45) is 0.908. The molecule has 1 aliphatic heterocycles. The molecular formula is C14H16N4O2S. The Morgan fingerprint density at radius 1 is 1.43 bits per heavy atom. The first kappa shape index (κ1) is 13.8. The second-order valence-electron chi connectivity index (χ2n) is 4.63. The molecular weight excluding hydrogens is 288 g/mol. The lowest BCUT2D eigenvalue weighted by Gasteiger charge is -2.09. The van der Waals surface area contributed by atoms with Gasteiger partial charge in [0.1, 0.15) is 5.75 Å². The smallest absolute Gasteiger partial charge is 0.325 e. The molecule has 110 valence electrons. The van der Waals surface area contributed by atoms with Crippen LogP contribution in [-0.4, -0.2) is 24.7 Å². The van der Waals surface area contributed by atoms with Crippen LogP contribution in [0.1, 0.15) is 10.6 Å². The minimum absolute atomic E-state index is 0.303. The first-order valence-electron chi connectivity index (χ1n) is 6.66. The average Bonchev–Trinajstić information content (AvgIpc) is 2.89. The van der Waals surface area contributed by atoms with Gasteiger partial charge in [-0.15, -0.1) is 11.3 Å². The van der Waals surface area contributed by atoms with E-state index in [1.807, 2.05) is 12.1 Å². The number of methoxy groups -OCH3 is 1. The average molecular weight is 304 g/mol. The molecule has 0 aliphatic carbocycles. The molecule has 0 atom stereocenters. The number of benzene rings is 1. The number of hydrogen-bond acceptors (Lipinski definition) is 5. The molecule has 0 fully saturated rings. The second-order valence-corrected chi connectivity index (χ2v) is 5.71. The molecule has 2 heterocycles. The fourth-order valence-electron chi connectivity index (χ4n) is 2.14. The van der Waals surface area contributed by atoms with E-state index in [0.29, 0.717) is 16.6 Å². The van der Waals surface area contributed by atoms with Crippen molar-refractivity contribution >= 4 is 28.2 Å². The van der Waals surface area contributed by atoms with Crippen LogP contribution >= 0.6 is 11.3 Å². The summed E-state index contributed by atoms with van der Waals surface area (Å²) in [7, 11) is 1.59. The molecule has 1 aliphatic rings. The fraction of sp³-hybridized carbons (Fsp3) is 0.286. The first-order valence-corrected chi connectivity index (χ1v) is 7.47. The van der Waals surface area contributed by atoms with Gasteiger partial charge in [0.15, 0.2) is 5.13 Å². The Morgan fingerprint density at radius 3 is 3.14 bits per heavy atom. The topological polar surface area (TPSA) is 75.3 Å². The zero-order chi connectivity index (χ0) is 14.7. The van der Waals surface area contributed by atoms with Crippen LogP contribution in [0.15, 0.2) is 24.3 Å². The third kappa shape index (κ3) is 3.32. The molecule has 0 bridgehead atoms. The van der Waals surface area contributed by atoms with Crippen molar-refractivity contribution in [3.05, 3.63) is 34.8 Å². The van der Waals surface area contributed by atoms with Gasteiger partial charge in [0.25, 0.3) is 0 Å². The number of anilines is 2. The maximum Gasteiger partial charge on any atom is 0.325 e. The van der Waals surface area contributed by atoms with E-state index < -0.39 is 0 Å². The van der Waals surface area contributed by atoms with Crippen LogP contribution in [-0.2, 0) is 13.0 Å². The lowest BCUT2D eigenvalue weighted by Crippen LogP contribution is -2.22. The highest BCUT2D eigenvalue weighted by Gasteiger charge is 2.15. The highest BCUT2D eigenvalue weighted by molar-refractivity contribution is 7.15. The summed E-state index contributed by atoms with van der Waals surface area (Å²) in [5, 5.41) is 9.46. The Bertz CT molecular complexity index is 633. The molecule has 3 N–H and O–H groups in total. The molecule has 6 nitrogen and oxygen atoms in total. The van der Waals surface area contributed by atoms with Crippen LogP contribution in [0.5, 0.6) is 5.75 Å². The zero-order valence-corrected chi connectivity index (χ0v) is 12.4. The van der Waals surface area contributed by atoms with Gasteiger partial charge in [-0.05, 0) is 12.1 Å². The van der Waals surface area contributed by atoms with E-state index in [-0.39, 0.29) is 6.03 Å². The molecule has 1 aromatic heterocycles. The number of thiazole rings is 1. The van der Waals surface area contributed by atoms with Gasteiger partial charge in [0, 0.05) is 36.1 Å². The Balaban J connectivity index is 1.64. The number of hydrogen-bond donors (Lipinski definition) is 3. The number of urea groups is 1. The van der Waals surface area contributed by atoms with Gasteiger partial charge in [0.2, 0.25) is 0 Å². The number of aromatic nitrogens is 1. The third-order valence-electron chi connectivity index (χ3n) is 3.15. The van der Waals surface area contributed by atoms with Crippen LogP contribution < -0.4 is 20.7 Å². The normalized spacial score (nSPS) is 13.4. The monoisotopic (exact) mass is 304 g/mol. The predicted octanol–water partition coefficient (Wildman–Crippen LogP) is 2.44. The van der Waals surface area contributed by atoms with Crippen molar-refractivity contribution in [2.45, 2.75) is 13.0 Å². The molecule has 0 spiro atoms. The number of ether oxygens (including phenoxy) is 1. The molecule has 2 amide bonds. The van der Waals surface area contributed by atoms with Gasteiger partial charge in [-0.1, -0.05) is 6.07 Å². The van der Waals surface area contributed by atoms with Crippen molar-refractivity contribution in [1.29, 1.82) is 0 Å². The summed E-state index contributed by atoms with van der Waals surface area (Å²) in [6, 6.07) is 6.91. The summed E-state index contributed by atoms with van der Waals surface area (Å²) >= 11 is 1.51. The molecule has 7 heteroatoms. The van der Waals surface area contributed by atoms with Crippen molar-refractivity contribution in [2.24, 2.45) is 0 Å². The number of nitrogens with zero attached hydrogens (tertiary/aromatic N) is 1. The van der Waals surface area contributed by atoms with Gasteiger partial charge in [-0.3, -0.25) is 5.32 Å².